The Bertz CT molecular complexity index is 844. The topological polar surface area (TPSA) is 88.2 Å². The lowest BCUT2D eigenvalue weighted by molar-refractivity contribution is -0.134. The molecule has 0 aromatic heterocycles. The van der Waals surface area contributed by atoms with E-state index >= 15 is 0 Å². The Hall–Kier alpha value is -2.84. The van der Waals surface area contributed by atoms with Crippen LogP contribution in [0.2, 0.25) is 0 Å². The van der Waals surface area contributed by atoms with Crippen molar-refractivity contribution >= 4 is 23.6 Å². The number of anilines is 1. The van der Waals surface area contributed by atoms with Gasteiger partial charge in [0.25, 0.3) is 0 Å². The summed E-state index contributed by atoms with van der Waals surface area (Å²) < 4.78 is 25.8. The first-order valence-electron chi connectivity index (χ1n) is 10.0. The van der Waals surface area contributed by atoms with Gasteiger partial charge in [0, 0.05) is 44.2 Å². The van der Waals surface area contributed by atoms with Crippen LogP contribution in [-0.2, 0) is 14.3 Å². The lowest BCUT2D eigenvalue weighted by Crippen LogP contribution is -2.50. The number of hydrogen-bond donors (Lipinski definition) is 1. The second-order valence-electron chi connectivity index (χ2n) is 8.50. The Balaban J connectivity index is 1.74. The number of hydrogen-bond acceptors (Lipinski definition) is 6. The summed E-state index contributed by atoms with van der Waals surface area (Å²) in [7, 11) is 1.47. The Morgan fingerprint density at radius 2 is 1.83 bits per heavy atom. The average molecular weight is 421 g/mol. The van der Waals surface area contributed by atoms with E-state index in [0.717, 1.165) is 0 Å². The third kappa shape index (κ3) is 4.83. The summed E-state index contributed by atoms with van der Waals surface area (Å²) in [5.41, 5.74) is 0.211. The molecule has 30 heavy (non-hydrogen) atoms. The first kappa shape index (κ1) is 21.9. The molecule has 3 amide bonds. The standard InChI is InChI=1S/C21H28FN3O5/c1-21(2,3)30-20(28)25-9-7-24(8-10-25)16-12-17(29-4)14(11-15(16)22)13-5-6-18(26)23-19(13)27/h11-13H,5-10H2,1-4H3,(H,23,26,27). The molecule has 164 valence electrons. The largest absolute Gasteiger partial charge is 0.496 e. The maximum atomic E-state index is 15.0. The van der Waals surface area contributed by atoms with E-state index in [1.54, 1.807) is 11.0 Å². The highest BCUT2D eigenvalue weighted by Crippen LogP contribution is 2.37. The van der Waals surface area contributed by atoms with Crippen molar-refractivity contribution in [2.24, 2.45) is 0 Å². The van der Waals surface area contributed by atoms with Crippen molar-refractivity contribution in [3.63, 3.8) is 0 Å². The number of benzene rings is 1. The van der Waals surface area contributed by atoms with E-state index in [-0.39, 0.29) is 18.4 Å². The monoisotopic (exact) mass is 421 g/mol. The molecule has 0 radical (unpaired) electrons. The van der Waals surface area contributed by atoms with Crippen molar-refractivity contribution in [3.8, 4) is 5.75 Å². The second kappa shape index (κ2) is 8.49. The molecule has 2 heterocycles. The van der Waals surface area contributed by atoms with Crippen molar-refractivity contribution in [1.29, 1.82) is 0 Å². The molecule has 8 nitrogen and oxygen atoms in total. The van der Waals surface area contributed by atoms with Gasteiger partial charge in [0.15, 0.2) is 0 Å². The first-order chi connectivity index (χ1) is 14.1. The van der Waals surface area contributed by atoms with Crippen LogP contribution in [0.25, 0.3) is 0 Å². The van der Waals surface area contributed by atoms with Crippen LogP contribution in [0.4, 0.5) is 14.9 Å². The highest BCUT2D eigenvalue weighted by atomic mass is 19.1. The van der Waals surface area contributed by atoms with Gasteiger partial charge in [0.1, 0.15) is 17.2 Å². The van der Waals surface area contributed by atoms with Crippen molar-refractivity contribution in [3.05, 3.63) is 23.5 Å². The zero-order chi connectivity index (χ0) is 22.1. The Labute approximate surface area is 175 Å². The SMILES string of the molecule is COc1cc(N2CCN(C(=O)OC(C)(C)C)CC2)c(F)cc1C1CCC(=O)NC1=O. The van der Waals surface area contributed by atoms with Gasteiger partial charge in [0.2, 0.25) is 11.8 Å². The number of nitrogens with one attached hydrogen (secondary N) is 1. The van der Waals surface area contributed by atoms with Gasteiger partial charge >= 0.3 is 6.09 Å². The molecule has 1 unspecified atom stereocenters. The number of rotatable bonds is 3. The molecule has 0 spiro atoms. The number of halogens is 1. The van der Waals surface area contributed by atoms with E-state index in [1.807, 2.05) is 25.7 Å². The van der Waals surface area contributed by atoms with E-state index < -0.39 is 23.2 Å². The molecule has 2 saturated heterocycles. The molecule has 2 aliphatic heterocycles. The summed E-state index contributed by atoms with van der Waals surface area (Å²) in [5.74, 6) is -1.47. The molecule has 0 saturated carbocycles. The third-order valence-electron chi connectivity index (χ3n) is 5.19. The molecule has 0 aliphatic carbocycles. The zero-order valence-corrected chi connectivity index (χ0v) is 17.8. The van der Waals surface area contributed by atoms with E-state index in [9.17, 15) is 18.8 Å². The second-order valence-corrected chi connectivity index (χ2v) is 8.50. The van der Waals surface area contributed by atoms with Gasteiger partial charge in [-0.3, -0.25) is 14.9 Å². The van der Waals surface area contributed by atoms with Crippen LogP contribution >= 0.6 is 0 Å². The lowest BCUT2D eigenvalue weighted by Gasteiger charge is -2.37. The molecule has 1 atom stereocenters. The van der Waals surface area contributed by atoms with Gasteiger partial charge in [-0.25, -0.2) is 9.18 Å². The molecule has 2 aliphatic rings. The number of amides is 3. The lowest BCUT2D eigenvalue weighted by atomic mass is 9.89. The predicted octanol–water partition coefficient (Wildman–Crippen LogP) is 2.41. The molecule has 2 fully saturated rings. The normalized spacial score (nSPS) is 20.1. The maximum Gasteiger partial charge on any atom is 0.410 e. The molecule has 1 aromatic carbocycles. The summed E-state index contributed by atoms with van der Waals surface area (Å²) in [6.45, 7) is 7.14. The number of nitrogens with zero attached hydrogens (tertiary/aromatic N) is 2. The minimum absolute atomic E-state index is 0.204. The summed E-state index contributed by atoms with van der Waals surface area (Å²) in [6, 6.07) is 2.89. The molecular weight excluding hydrogens is 393 g/mol. The summed E-state index contributed by atoms with van der Waals surface area (Å²) in [5, 5.41) is 2.29. The summed E-state index contributed by atoms with van der Waals surface area (Å²) >= 11 is 0. The number of carbonyl (C=O) groups excluding carboxylic acids is 3. The number of carbonyl (C=O) groups is 3. The minimum atomic E-state index is -0.634. The highest BCUT2D eigenvalue weighted by molar-refractivity contribution is 6.01. The van der Waals surface area contributed by atoms with Crippen LogP contribution in [0.5, 0.6) is 5.75 Å². The van der Waals surface area contributed by atoms with E-state index in [0.29, 0.717) is 49.6 Å². The number of methoxy groups -OCH3 is 1. The van der Waals surface area contributed by atoms with Crippen molar-refractivity contribution in [2.75, 3.05) is 38.2 Å². The summed E-state index contributed by atoms with van der Waals surface area (Å²) in [6.07, 6.45) is 0.137. The Kier molecular flexibility index (Phi) is 6.19. The minimum Gasteiger partial charge on any atom is -0.496 e. The van der Waals surface area contributed by atoms with Gasteiger partial charge in [-0.1, -0.05) is 0 Å². The fraction of sp³-hybridized carbons (Fsp3) is 0.571. The molecule has 1 N–H and O–H groups in total. The number of piperazine rings is 1. The number of imide groups is 1. The van der Waals surface area contributed by atoms with Crippen LogP contribution < -0.4 is 15.0 Å². The van der Waals surface area contributed by atoms with Crippen LogP contribution in [0.1, 0.15) is 45.1 Å². The van der Waals surface area contributed by atoms with Crippen molar-refractivity contribution in [1.82, 2.24) is 10.2 Å². The Morgan fingerprint density at radius 1 is 1.17 bits per heavy atom. The Morgan fingerprint density at radius 3 is 2.40 bits per heavy atom. The van der Waals surface area contributed by atoms with Crippen LogP contribution in [0.3, 0.4) is 0 Å². The molecule has 0 bridgehead atoms. The van der Waals surface area contributed by atoms with Crippen molar-refractivity contribution in [2.45, 2.75) is 45.1 Å². The first-order valence-corrected chi connectivity index (χ1v) is 10.0. The maximum absolute atomic E-state index is 15.0. The molecular formula is C21H28FN3O5. The summed E-state index contributed by atoms with van der Waals surface area (Å²) in [4.78, 5) is 39.3. The van der Waals surface area contributed by atoms with E-state index in [1.165, 1.54) is 13.2 Å². The fourth-order valence-electron chi connectivity index (χ4n) is 3.70. The molecule has 3 rings (SSSR count). The predicted molar refractivity (Wildman–Crippen MR) is 108 cm³/mol. The number of piperidine rings is 1. The van der Waals surface area contributed by atoms with Crippen molar-refractivity contribution < 1.29 is 28.2 Å². The van der Waals surface area contributed by atoms with Crippen LogP contribution in [-0.4, -0.2) is 61.7 Å². The van der Waals surface area contributed by atoms with Gasteiger partial charge in [-0.15, -0.1) is 0 Å². The quantitative estimate of drug-likeness (QED) is 0.754. The van der Waals surface area contributed by atoms with Crippen LogP contribution in [0.15, 0.2) is 12.1 Å². The average Bonchev–Trinajstić information content (AvgIpc) is 2.67. The van der Waals surface area contributed by atoms with E-state index in [4.69, 9.17) is 9.47 Å². The number of ether oxygens (including phenoxy) is 2. The van der Waals surface area contributed by atoms with Gasteiger partial charge in [-0.2, -0.15) is 0 Å². The van der Waals surface area contributed by atoms with Crippen LogP contribution in [0, 0.1) is 5.82 Å². The zero-order valence-electron chi connectivity index (χ0n) is 17.8. The molecule has 9 heteroatoms. The molecule has 1 aromatic rings. The van der Waals surface area contributed by atoms with Gasteiger partial charge < -0.3 is 19.3 Å². The third-order valence-corrected chi connectivity index (χ3v) is 5.19. The van der Waals surface area contributed by atoms with Gasteiger partial charge in [0.05, 0.1) is 18.7 Å². The highest BCUT2D eigenvalue weighted by Gasteiger charge is 2.32. The fourth-order valence-corrected chi connectivity index (χ4v) is 3.70. The smallest absolute Gasteiger partial charge is 0.410 e. The van der Waals surface area contributed by atoms with E-state index in [2.05, 4.69) is 5.32 Å². The van der Waals surface area contributed by atoms with Gasteiger partial charge in [-0.05, 0) is 33.3 Å².